The van der Waals surface area contributed by atoms with Gasteiger partial charge in [-0.15, -0.1) is 0 Å². The van der Waals surface area contributed by atoms with Crippen LogP contribution >= 0.6 is 0 Å². The van der Waals surface area contributed by atoms with Gasteiger partial charge in [0.25, 0.3) is 11.8 Å². The summed E-state index contributed by atoms with van der Waals surface area (Å²) in [5.74, 6) is -3.47. The molecule has 1 saturated heterocycles. The van der Waals surface area contributed by atoms with E-state index in [1.807, 2.05) is 0 Å². The summed E-state index contributed by atoms with van der Waals surface area (Å²) in [5.41, 5.74) is 0.548. The number of piperidine rings is 1. The summed E-state index contributed by atoms with van der Waals surface area (Å²) in [5, 5.41) is 11.2. The van der Waals surface area contributed by atoms with Gasteiger partial charge in [0.2, 0.25) is 11.8 Å². The van der Waals surface area contributed by atoms with E-state index in [1.54, 1.807) is 19.1 Å². The Balaban J connectivity index is 2.00. The van der Waals surface area contributed by atoms with Crippen molar-refractivity contribution in [2.24, 2.45) is 0 Å². The van der Waals surface area contributed by atoms with E-state index in [0.717, 1.165) is 4.90 Å². The quantitative estimate of drug-likeness (QED) is 0.709. The molecule has 4 amide bonds. The SMILES string of the molecule is CCN(CC(=O)O)c1cccc2c1C(=O)N(C1CCC(=O)NC1=O)C2=O. The summed E-state index contributed by atoms with van der Waals surface area (Å²) in [6.45, 7) is 1.73. The number of imide groups is 2. The van der Waals surface area contributed by atoms with Crippen molar-refractivity contribution in [1.29, 1.82) is 0 Å². The number of hydrogen-bond donors (Lipinski definition) is 2. The summed E-state index contributed by atoms with van der Waals surface area (Å²) < 4.78 is 0. The maximum atomic E-state index is 12.9. The highest BCUT2D eigenvalue weighted by Crippen LogP contribution is 2.34. The Kier molecular flexibility index (Phi) is 4.45. The predicted molar refractivity (Wildman–Crippen MR) is 88.6 cm³/mol. The molecule has 2 N–H and O–H groups in total. The fraction of sp³-hybridized carbons (Fsp3) is 0.353. The van der Waals surface area contributed by atoms with Crippen LogP contribution in [0.3, 0.4) is 0 Å². The minimum atomic E-state index is -1.07. The number of carbonyl (C=O) groups is 5. The second-order valence-electron chi connectivity index (χ2n) is 6.05. The van der Waals surface area contributed by atoms with Gasteiger partial charge in [-0.2, -0.15) is 0 Å². The van der Waals surface area contributed by atoms with E-state index >= 15 is 0 Å². The lowest BCUT2D eigenvalue weighted by atomic mass is 10.0. The molecule has 1 aromatic carbocycles. The lowest BCUT2D eigenvalue weighted by Crippen LogP contribution is -2.54. The van der Waals surface area contributed by atoms with Crippen molar-refractivity contribution in [3.8, 4) is 0 Å². The van der Waals surface area contributed by atoms with Gasteiger partial charge in [0.15, 0.2) is 0 Å². The number of aliphatic carboxylic acids is 1. The van der Waals surface area contributed by atoms with E-state index in [0.29, 0.717) is 12.2 Å². The maximum Gasteiger partial charge on any atom is 0.323 e. The predicted octanol–water partition coefficient (Wildman–Crippen LogP) is -0.00130. The number of fused-ring (bicyclic) bond motifs is 1. The second kappa shape index (κ2) is 6.58. The smallest absolute Gasteiger partial charge is 0.323 e. The number of likely N-dealkylation sites (N-methyl/N-ethyl adjacent to an activating group) is 1. The van der Waals surface area contributed by atoms with Gasteiger partial charge < -0.3 is 10.0 Å². The fourth-order valence-corrected chi connectivity index (χ4v) is 3.29. The van der Waals surface area contributed by atoms with E-state index in [2.05, 4.69) is 5.32 Å². The van der Waals surface area contributed by atoms with Crippen LogP contribution in [0, 0.1) is 0 Å². The first-order valence-corrected chi connectivity index (χ1v) is 8.16. The molecule has 2 aliphatic rings. The first kappa shape index (κ1) is 17.6. The highest BCUT2D eigenvalue weighted by Gasteiger charge is 2.46. The summed E-state index contributed by atoms with van der Waals surface area (Å²) in [7, 11) is 0. The van der Waals surface area contributed by atoms with E-state index in [-0.39, 0.29) is 30.5 Å². The number of nitrogens with zero attached hydrogens (tertiary/aromatic N) is 2. The first-order chi connectivity index (χ1) is 12.3. The average Bonchev–Trinajstić information content (AvgIpc) is 2.84. The van der Waals surface area contributed by atoms with E-state index in [1.165, 1.54) is 11.0 Å². The average molecular weight is 359 g/mol. The molecule has 9 heteroatoms. The highest BCUT2D eigenvalue weighted by atomic mass is 16.4. The van der Waals surface area contributed by atoms with Gasteiger partial charge in [-0.05, 0) is 25.5 Å². The van der Waals surface area contributed by atoms with Crippen LogP contribution < -0.4 is 10.2 Å². The molecule has 1 atom stereocenters. The van der Waals surface area contributed by atoms with Crippen LogP contribution in [0.1, 0.15) is 40.5 Å². The summed E-state index contributed by atoms with van der Waals surface area (Å²) in [6, 6.07) is 3.56. The molecule has 0 bridgehead atoms. The van der Waals surface area contributed by atoms with Gasteiger partial charge in [0.05, 0.1) is 16.8 Å². The minimum absolute atomic E-state index is 0.0385. The summed E-state index contributed by atoms with van der Waals surface area (Å²) in [6.07, 6.45) is 0.106. The molecule has 0 spiro atoms. The van der Waals surface area contributed by atoms with Crippen molar-refractivity contribution in [1.82, 2.24) is 10.2 Å². The topological polar surface area (TPSA) is 124 Å². The molecule has 2 aliphatic heterocycles. The molecular weight excluding hydrogens is 342 g/mol. The van der Waals surface area contributed by atoms with E-state index < -0.39 is 35.6 Å². The van der Waals surface area contributed by atoms with Crippen LogP contribution in [-0.4, -0.2) is 58.7 Å². The lowest BCUT2D eigenvalue weighted by molar-refractivity contribution is -0.137. The number of carbonyl (C=O) groups excluding carboxylic acids is 4. The molecule has 2 heterocycles. The van der Waals surface area contributed by atoms with Gasteiger partial charge in [0.1, 0.15) is 12.6 Å². The monoisotopic (exact) mass is 359 g/mol. The van der Waals surface area contributed by atoms with Gasteiger partial charge >= 0.3 is 5.97 Å². The first-order valence-electron chi connectivity index (χ1n) is 8.16. The van der Waals surface area contributed by atoms with Gasteiger partial charge in [-0.3, -0.25) is 34.2 Å². The standard InChI is InChI=1S/C17H17N3O6/c1-2-19(8-13(22)23)10-5-3-4-9-14(10)17(26)20(16(9)25)11-6-7-12(21)18-15(11)24/h3-5,11H,2,6-8H2,1H3,(H,22,23)(H,18,21,24). The molecule has 1 unspecified atom stereocenters. The Morgan fingerprint density at radius 1 is 1.27 bits per heavy atom. The number of rotatable bonds is 5. The van der Waals surface area contributed by atoms with Gasteiger partial charge in [-0.1, -0.05) is 6.07 Å². The summed E-state index contributed by atoms with van der Waals surface area (Å²) >= 11 is 0. The minimum Gasteiger partial charge on any atom is -0.480 e. The van der Waals surface area contributed by atoms with Crippen LogP contribution in [0.15, 0.2) is 18.2 Å². The molecule has 0 saturated carbocycles. The fourth-order valence-electron chi connectivity index (χ4n) is 3.29. The molecule has 136 valence electrons. The van der Waals surface area contributed by atoms with Crippen molar-refractivity contribution in [2.45, 2.75) is 25.8 Å². The third kappa shape index (κ3) is 2.81. The molecule has 9 nitrogen and oxygen atoms in total. The molecule has 0 aliphatic carbocycles. The van der Waals surface area contributed by atoms with Gasteiger partial charge in [0, 0.05) is 13.0 Å². The second-order valence-corrected chi connectivity index (χ2v) is 6.05. The number of carboxylic acid groups (broad SMARTS) is 1. The third-order valence-corrected chi connectivity index (χ3v) is 4.49. The molecule has 0 aromatic heterocycles. The number of amides is 4. The Labute approximate surface area is 148 Å². The van der Waals surface area contributed by atoms with Crippen LogP contribution in [0.25, 0.3) is 0 Å². The molecule has 1 aromatic rings. The molecular formula is C17H17N3O6. The number of carboxylic acids is 1. The Hall–Kier alpha value is -3.23. The van der Waals surface area contributed by atoms with Crippen molar-refractivity contribution in [2.75, 3.05) is 18.0 Å². The van der Waals surface area contributed by atoms with Crippen LogP contribution in [-0.2, 0) is 14.4 Å². The highest BCUT2D eigenvalue weighted by molar-refractivity contribution is 6.25. The normalized spacial score (nSPS) is 19.4. The largest absolute Gasteiger partial charge is 0.480 e. The van der Waals surface area contributed by atoms with Crippen molar-refractivity contribution >= 4 is 35.3 Å². The maximum absolute atomic E-state index is 12.9. The number of nitrogens with one attached hydrogen (secondary N) is 1. The zero-order valence-corrected chi connectivity index (χ0v) is 14.0. The van der Waals surface area contributed by atoms with Crippen molar-refractivity contribution in [3.63, 3.8) is 0 Å². The van der Waals surface area contributed by atoms with Crippen LogP contribution in [0.2, 0.25) is 0 Å². The summed E-state index contributed by atoms with van der Waals surface area (Å²) in [4.78, 5) is 62.5. The molecule has 26 heavy (non-hydrogen) atoms. The Morgan fingerprint density at radius 3 is 2.62 bits per heavy atom. The number of hydrogen-bond acceptors (Lipinski definition) is 6. The van der Waals surface area contributed by atoms with E-state index in [4.69, 9.17) is 5.11 Å². The molecule has 3 rings (SSSR count). The zero-order valence-electron chi connectivity index (χ0n) is 14.0. The third-order valence-electron chi connectivity index (χ3n) is 4.49. The van der Waals surface area contributed by atoms with Crippen molar-refractivity contribution < 1.29 is 29.1 Å². The van der Waals surface area contributed by atoms with Gasteiger partial charge in [-0.25, -0.2) is 0 Å². The van der Waals surface area contributed by atoms with Crippen LogP contribution in [0.4, 0.5) is 5.69 Å². The van der Waals surface area contributed by atoms with Crippen LogP contribution in [0.5, 0.6) is 0 Å². The lowest BCUT2D eigenvalue weighted by Gasteiger charge is -2.28. The zero-order chi connectivity index (χ0) is 19.0. The number of benzene rings is 1. The van der Waals surface area contributed by atoms with E-state index in [9.17, 15) is 24.0 Å². The number of anilines is 1. The molecule has 1 fully saturated rings. The van der Waals surface area contributed by atoms with Crippen molar-refractivity contribution in [3.05, 3.63) is 29.3 Å². The molecule has 0 radical (unpaired) electrons. The Bertz CT molecular complexity index is 834. The Morgan fingerprint density at radius 2 is 2.00 bits per heavy atom.